The van der Waals surface area contributed by atoms with E-state index in [1.807, 2.05) is 33.0 Å². The normalized spacial score (nSPS) is 21.9. The fourth-order valence-electron chi connectivity index (χ4n) is 4.95. The Kier molecular flexibility index (Phi) is 15.8. The van der Waals surface area contributed by atoms with Gasteiger partial charge in [0.2, 0.25) is 0 Å². The lowest BCUT2D eigenvalue weighted by Crippen LogP contribution is -2.51. The molecule has 0 aromatic carbocycles. The Bertz CT molecular complexity index is 967. The van der Waals surface area contributed by atoms with Crippen LogP contribution in [-0.4, -0.2) is 103 Å². The van der Waals surface area contributed by atoms with Crippen LogP contribution in [0.1, 0.15) is 34.1 Å². The summed E-state index contributed by atoms with van der Waals surface area (Å²) in [6.07, 6.45) is 22.8. The zero-order valence-corrected chi connectivity index (χ0v) is 25.4. The minimum absolute atomic E-state index is 0.105. The number of amidine groups is 1. The van der Waals surface area contributed by atoms with Gasteiger partial charge in [-0.3, -0.25) is 14.8 Å². The van der Waals surface area contributed by atoms with E-state index in [4.69, 9.17) is 16.6 Å². The van der Waals surface area contributed by atoms with Gasteiger partial charge in [-0.15, -0.1) is 11.6 Å². The van der Waals surface area contributed by atoms with Crippen molar-refractivity contribution in [2.24, 2.45) is 4.99 Å². The van der Waals surface area contributed by atoms with E-state index in [-0.39, 0.29) is 6.04 Å². The molecule has 39 heavy (non-hydrogen) atoms. The predicted octanol–water partition coefficient (Wildman–Crippen LogP) is 5.50. The molecule has 2 aliphatic rings. The first-order valence-electron chi connectivity index (χ1n) is 14.3. The molecule has 2 saturated heterocycles. The van der Waals surface area contributed by atoms with Gasteiger partial charge < -0.3 is 15.3 Å². The maximum atomic E-state index is 9.33. The first kappa shape index (κ1) is 32.8. The third-order valence-electron chi connectivity index (χ3n) is 6.93. The number of allylic oxidation sites excluding steroid dienone is 8. The molecule has 2 aliphatic heterocycles. The highest BCUT2D eigenvalue weighted by Gasteiger charge is 2.33. The van der Waals surface area contributed by atoms with E-state index in [0.717, 1.165) is 76.4 Å². The van der Waals surface area contributed by atoms with Crippen molar-refractivity contribution in [2.45, 2.75) is 46.2 Å². The van der Waals surface area contributed by atoms with E-state index in [1.54, 1.807) is 6.08 Å². The van der Waals surface area contributed by atoms with Crippen molar-refractivity contribution >= 4 is 17.4 Å². The molecule has 6 nitrogen and oxygen atoms in total. The van der Waals surface area contributed by atoms with Gasteiger partial charge in [0.15, 0.2) is 0 Å². The Balaban J connectivity index is 2.15. The lowest BCUT2D eigenvalue weighted by molar-refractivity contribution is 0.123. The van der Waals surface area contributed by atoms with Crippen LogP contribution in [0.15, 0.2) is 88.7 Å². The van der Waals surface area contributed by atoms with Crippen LogP contribution < -0.4 is 5.32 Å². The fourth-order valence-corrected chi connectivity index (χ4v) is 5.04. The molecular formula is C32H50ClN5O. The maximum Gasteiger partial charge on any atom is 0.128 e. The second-order valence-electron chi connectivity index (χ2n) is 9.91. The Morgan fingerprint density at radius 2 is 1.82 bits per heavy atom. The second-order valence-corrected chi connectivity index (χ2v) is 10.2. The minimum atomic E-state index is 0.105. The molecule has 0 aliphatic carbocycles. The standard InChI is InChI=1S/C32H50ClN5O/c1-6-9-14-30(25-34-5)32(38-26-27(38)4)35-18-19-36-20-22-37(23-21-36)31(28(12-7-2)15-10-17-33)29(13-8-3)16-11-24-39/h6,8-16,24,27,31,34,39H,7,17-23,25-26H2,1-5H3/b9-6-,13-8-,15-10-,24-11+,28-12+,29-16+,30-14+,35-32?. The van der Waals surface area contributed by atoms with Gasteiger partial charge in [-0.25, -0.2) is 0 Å². The quantitative estimate of drug-likeness (QED) is 0.0697. The largest absolute Gasteiger partial charge is 0.516 e. The van der Waals surface area contributed by atoms with Crippen LogP contribution >= 0.6 is 11.6 Å². The number of nitrogens with zero attached hydrogens (tertiary/aromatic N) is 4. The molecule has 2 fully saturated rings. The number of piperazine rings is 1. The van der Waals surface area contributed by atoms with Crippen molar-refractivity contribution in [1.29, 1.82) is 0 Å². The van der Waals surface area contributed by atoms with Gasteiger partial charge in [0.05, 0.1) is 18.8 Å². The lowest BCUT2D eigenvalue weighted by atomic mass is 9.93. The summed E-state index contributed by atoms with van der Waals surface area (Å²) in [6.45, 7) is 16.1. The third kappa shape index (κ3) is 11.0. The average molecular weight is 556 g/mol. The molecular weight excluding hydrogens is 506 g/mol. The molecule has 0 aromatic rings. The average Bonchev–Trinajstić information content (AvgIpc) is 3.67. The highest BCUT2D eigenvalue weighted by molar-refractivity contribution is 6.18. The summed E-state index contributed by atoms with van der Waals surface area (Å²) in [5.74, 6) is 1.62. The number of likely N-dealkylation sites (N-methyl/N-ethyl adjacent to an activating group) is 1. The summed E-state index contributed by atoms with van der Waals surface area (Å²) in [5.41, 5.74) is 3.64. The van der Waals surface area contributed by atoms with Crippen molar-refractivity contribution in [3.63, 3.8) is 0 Å². The van der Waals surface area contributed by atoms with Crippen molar-refractivity contribution in [2.75, 3.05) is 65.3 Å². The summed E-state index contributed by atoms with van der Waals surface area (Å²) < 4.78 is 0. The van der Waals surface area contributed by atoms with Gasteiger partial charge in [0, 0.05) is 63.3 Å². The highest BCUT2D eigenvalue weighted by atomic mass is 35.5. The number of aliphatic hydroxyl groups is 1. The Morgan fingerprint density at radius 3 is 2.38 bits per heavy atom. The molecule has 7 heteroatoms. The Labute approximate surface area is 242 Å². The molecule has 2 heterocycles. The molecule has 2 unspecified atom stereocenters. The van der Waals surface area contributed by atoms with E-state index < -0.39 is 0 Å². The summed E-state index contributed by atoms with van der Waals surface area (Å²) in [6, 6.07) is 0.669. The van der Waals surface area contributed by atoms with Crippen molar-refractivity contribution in [3.05, 3.63) is 83.7 Å². The molecule has 0 amide bonds. The zero-order valence-electron chi connectivity index (χ0n) is 24.7. The summed E-state index contributed by atoms with van der Waals surface area (Å²) in [4.78, 5) is 12.6. The summed E-state index contributed by atoms with van der Waals surface area (Å²) >= 11 is 6.01. The van der Waals surface area contributed by atoms with Gasteiger partial charge in [-0.2, -0.15) is 0 Å². The number of aliphatic imine (C=N–C) groups is 1. The first-order chi connectivity index (χ1) is 19.0. The number of alkyl halides is 1. The second kappa shape index (κ2) is 18.8. The van der Waals surface area contributed by atoms with Crippen LogP contribution in [0.4, 0.5) is 0 Å². The highest BCUT2D eigenvalue weighted by Crippen LogP contribution is 2.25. The summed E-state index contributed by atoms with van der Waals surface area (Å²) in [7, 11) is 1.99. The van der Waals surface area contributed by atoms with Gasteiger partial charge in [0.25, 0.3) is 0 Å². The van der Waals surface area contributed by atoms with E-state index in [0.29, 0.717) is 11.9 Å². The molecule has 216 valence electrons. The van der Waals surface area contributed by atoms with Crippen molar-refractivity contribution in [3.8, 4) is 0 Å². The maximum absolute atomic E-state index is 9.33. The lowest BCUT2D eigenvalue weighted by Gasteiger charge is -2.40. The van der Waals surface area contributed by atoms with E-state index >= 15 is 0 Å². The number of rotatable bonds is 15. The van der Waals surface area contributed by atoms with Crippen LogP contribution in [0, 0.1) is 0 Å². The van der Waals surface area contributed by atoms with Crippen LogP contribution in [0.3, 0.4) is 0 Å². The van der Waals surface area contributed by atoms with Crippen LogP contribution in [-0.2, 0) is 0 Å². The third-order valence-corrected chi connectivity index (χ3v) is 7.11. The SMILES string of the molecule is C/C=C\C=C(/CNC)C(=NCCN1CCN(C(C(/C=C\C)=C/C=C/O)C(/C=C\CCl)=C/CC)CC1)N1CC1C. The predicted molar refractivity (Wildman–Crippen MR) is 170 cm³/mol. The molecule has 0 radical (unpaired) electrons. The molecule has 0 saturated carbocycles. The van der Waals surface area contributed by atoms with Crippen molar-refractivity contribution < 1.29 is 5.11 Å². The first-order valence-corrected chi connectivity index (χ1v) is 14.9. The Morgan fingerprint density at radius 1 is 1.08 bits per heavy atom. The van der Waals surface area contributed by atoms with Crippen LogP contribution in [0.5, 0.6) is 0 Å². The molecule has 2 N–H and O–H groups in total. The van der Waals surface area contributed by atoms with E-state index in [9.17, 15) is 5.11 Å². The van der Waals surface area contributed by atoms with Gasteiger partial charge in [-0.1, -0.05) is 61.6 Å². The molecule has 2 rings (SSSR count). The summed E-state index contributed by atoms with van der Waals surface area (Å²) in [5, 5.41) is 12.6. The van der Waals surface area contributed by atoms with E-state index in [1.165, 1.54) is 11.1 Å². The smallest absolute Gasteiger partial charge is 0.128 e. The van der Waals surface area contributed by atoms with Crippen LogP contribution in [0.25, 0.3) is 0 Å². The Hall–Kier alpha value is -2.38. The monoisotopic (exact) mass is 555 g/mol. The number of nitrogens with one attached hydrogen (secondary N) is 1. The number of hydrogen-bond acceptors (Lipinski definition) is 5. The number of hydrogen-bond donors (Lipinski definition) is 2. The molecule has 0 spiro atoms. The van der Waals surface area contributed by atoms with Gasteiger partial charge in [-0.05, 0) is 51.5 Å². The van der Waals surface area contributed by atoms with E-state index in [2.05, 4.69) is 76.4 Å². The molecule has 2 atom stereocenters. The van der Waals surface area contributed by atoms with Gasteiger partial charge >= 0.3 is 0 Å². The van der Waals surface area contributed by atoms with Crippen molar-refractivity contribution in [1.82, 2.24) is 20.0 Å². The number of halogens is 1. The van der Waals surface area contributed by atoms with Gasteiger partial charge in [0.1, 0.15) is 5.84 Å². The molecule has 0 bridgehead atoms. The topological polar surface area (TPSA) is 54.1 Å². The van der Waals surface area contributed by atoms with Crippen LogP contribution in [0.2, 0.25) is 0 Å². The molecule has 0 aromatic heterocycles. The minimum Gasteiger partial charge on any atom is -0.516 e. The number of aliphatic hydroxyl groups excluding tert-OH is 1. The fraction of sp³-hybridized carbons (Fsp3) is 0.531. The zero-order chi connectivity index (χ0) is 28.5.